The minimum absolute atomic E-state index is 0.0904. The van der Waals surface area contributed by atoms with Crippen molar-refractivity contribution in [3.63, 3.8) is 0 Å². The van der Waals surface area contributed by atoms with E-state index in [2.05, 4.69) is 13.0 Å². The molecule has 2 rings (SSSR count). The minimum Gasteiger partial charge on any atom is -0.398 e. The van der Waals surface area contributed by atoms with Crippen LogP contribution >= 0.6 is 11.3 Å². The summed E-state index contributed by atoms with van der Waals surface area (Å²) >= 11 is 1.70. The Kier molecular flexibility index (Phi) is 3.59. The Bertz CT molecular complexity index is 531. The quantitative estimate of drug-likeness (QED) is 0.663. The van der Waals surface area contributed by atoms with Crippen molar-refractivity contribution < 1.29 is 4.79 Å². The normalized spacial score (nSPS) is 10.4. The predicted molar refractivity (Wildman–Crippen MR) is 72.6 cm³/mol. The topological polar surface area (TPSA) is 43.1 Å². The molecular formula is C14H15NOS. The number of ketones is 1. The molecule has 0 saturated heterocycles. The van der Waals surface area contributed by atoms with Gasteiger partial charge in [0.15, 0.2) is 5.78 Å². The van der Waals surface area contributed by atoms with Gasteiger partial charge in [-0.2, -0.15) is 0 Å². The molecule has 88 valence electrons. The number of thiophene rings is 1. The van der Waals surface area contributed by atoms with Gasteiger partial charge in [0, 0.05) is 27.4 Å². The van der Waals surface area contributed by atoms with Gasteiger partial charge in [-0.3, -0.25) is 4.79 Å². The lowest BCUT2D eigenvalue weighted by Gasteiger charge is -2.02. The highest BCUT2D eigenvalue weighted by Gasteiger charge is 2.11. The fraction of sp³-hybridized carbons (Fsp3) is 0.214. The van der Waals surface area contributed by atoms with E-state index in [0.29, 0.717) is 17.7 Å². The zero-order valence-electron chi connectivity index (χ0n) is 9.77. The van der Waals surface area contributed by atoms with Crippen molar-refractivity contribution in [1.82, 2.24) is 0 Å². The number of hydrogen-bond donors (Lipinski definition) is 1. The molecule has 1 aromatic heterocycles. The molecule has 0 bridgehead atoms. The van der Waals surface area contributed by atoms with Crippen molar-refractivity contribution in [2.45, 2.75) is 19.8 Å². The van der Waals surface area contributed by atoms with Gasteiger partial charge in [-0.25, -0.2) is 0 Å². The molecule has 0 radical (unpaired) electrons. The van der Waals surface area contributed by atoms with Crippen LogP contribution in [0.5, 0.6) is 0 Å². The van der Waals surface area contributed by atoms with Gasteiger partial charge in [0.1, 0.15) is 0 Å². The Morgan fingerprint density at radius 3 is 2.53 bits per heavy atom. The molecule has 2 nitrogen and oxygen atoms in total. The average molecular weight is 245 g/mol. The van der Waals surface area contributed by atoms with Crippen molar-refractivity contribution in [2.24, 2.45) is 0 Å². The van der Waals surface area contributed by atoms with Crippen LogP contribution in [0.4, 0.5) is 5.69 Å². The van der Waals surface area contributed by atoms with Crippen LogP contribution in [0.15, 0.2) is 36.4 Å². The molecule has 3 heteroatoms. The summed E-state index contributed by atoms with van der Waals surface area (Å²) in [5, 5.41) is 0. The molecule has 0 aliphatic heterocycles. The molecule has 1 aromatic carbocycles. The van der Waals surface area contributed by atoms with Crippen LogP contribution in [0.25, 0.3) is 0 Å². The molecule has 0 unspecified atom stereocenters. The summed E-state index contributed by atoms with van der Waals surface area (Å²) in [6.45, 7) is 2.12. The molecule has 0 aliphatic carbocycles. The lowest BCUT2D eigenvalue weighted by Crippen LogP contribution is -2.05. The maximum atomic E-state index is 12.1. The summed E-state index contributed by atoms with van der Waals surface area (Å²) in [5.74, 6) is 0.0904. The molecule has 1 heterocycles. The Hall–Kier alpha value is -1.61. The first-order valence-electron chi connectivity index (χ1n) is 5.66. The molecule has 17 heavy (non-hydrogen) atoms. The van der Waals surface area contributed by atoms with Crippen LogP contribution in [0.1, 0.15) is 27.0 Å². The first kappa shape index (κ1) is 11.9. The minimum atomic E-state index is 0.0904. The van der Waals surface area contributed by atoms with E-state index in [1.54, 1.807) is 23.5 Å². The van der Waals surface area contributed by atoms with E-state index in [4.69, 9.17) is 5.73 Å². The van der Waals surface area contributed by atoms with Gasteiger partial charge in [0.25, 0.3) is 0 Å². The molecule has 0 amide bonds. The van der Waals surface area contributed by atoms with Gasteiger partial charge in [-0.1, -0.05) is 19.1 Å². The van der Waals surface area contributed by atoms with E-state index in [-0.39, 0.29) is 5.78 Å². The number of nitrogen functional groups attached to an aromatic ring is 1. The molecular weight excluding hydrogens is 230 g/mol. The van der Waals surface area contributed by atoms with Gasteiger partial charge < -0.3 is 5.73 Å². The smallest absolute Gasteiger partial charge is 0.170 e. The summed E-state index contributed by atoms with van der Waals surface area (Å²) in [5.41, 5.74) is 6.97. The van der Waals surface area contributed by atoms with Gasteiger partial charge in [0.05, 0.1) is 0 Å². The average Bonchev–Trinajstić information content (AvgIpc) is 2.77. The fourth-order valence-corrected chi connectivity index (χ4v) is 2.67. The summed E-state index contributed by atoms with van der Waals surface area (Å²) in [4.78, 5) is 14.5. The number of hydrogen-bond acceptors (Lipinski definition) is 3. The third kappa shape index (κ3) is 2.74. The van der Waals surface area contributed by atoms with Crippen molar-refractivity contribution in [1.29, 1.82) is 0 Å². The number of benzene rings is 1. The molecule has 0 aliphatic rings. The molecule has 2 aromatic rings. The van der Waals surface area contributed by atoms with Gasteiger partial charge in [-0.15, -0.1) is 11.3 Å². The SMILES string of the molecule is CCc1ccc(CC(=O)c2ccccc2N)s1. The third-order valence-electron chi connectivity index (χ3n) is 2.66. The van der Waals surface area contributed by atoms with E-state index in [1.807, 2.05) is 18.2 Å². The zero-order chi connectivity index (χ0) is 12.3. The highest BCUT2D eigenvalue weighted by Crippen LogP contribution is 2.20. The molecule has 0 atom stereocenters. The maximum absolute atomic E-state index is 12.1. The lowest BCUT2D eigenvalue weighted by molar-refractivity contribution is 0.0994. The van der Waals surface area contributed by atoms with Crippen LogP contribution in [0.2, 0.25) is 0 Å². The molecule has 2 N–H and O–H groups in total. The Balaban J connectivity index is 2.14. The van der Waals surface area contributed by atoms with Crippen molar-refractivity contribution in [3.05, 3.63) is 51.7 Å². The van der Waals surface area contributed by atoms with Crippen molar-refractivity contribution >= 4 is 22.8 Å². The van der Waals surface area contributed by atoms with E-state index >= 15 is 0 Å². The van der Waals surface area contributed by atoms with Gasteiger partial charge in [0.2, 0.25) is 0 Å². The lowest BCUT2D eigenvalue weighted by atomic mass is 10.1. The second-order valence-corrected chi connectivity index (χ2v) is 5.16. The fourth-order valence-electron chi connectivity index (χ4n) is 1.71. The number of rotatable bonds is 4. The predicted octanol–water partition coefficient (Wildman–Crippen LogP) is 3.32. The highest BCUT2D eigenvalue weighted by molar-refractivity contribution is 7.12. The van der Waals surface area contributed by atoms with Crippen molar-refractivity contribution in [3.8, 4) is 0 Å². The number of nitrogens with two attached hydrogens (primary N) is 1. The summed E-state index contributed by atoms with van der Waals surface area (Å²) in [6.07, 6.45) is 1.46. The van der Waals surface area contributed by atoms with Crippen LogP contribution in [-0.2, 0) is 12.8 Å². The molecule has 0 saturated carbocycles. The third-order valence-corrected chi connectivity index (χ3v) is 3.89. The second-order valence-electron chi connectivity index (χ2n) is 3.91. The summed E-state index contributed by atoms with van der Waals surface area (Å²) in [6, 6.07) is 11.3. The standard InChI is InChI=1S/C14H15NOS/c1-2-10-7-8-11(17-10)9-14(16)12-5-3-4-6-13(12)15/h3-8H,2,9,15H2,1H3. The zero-order valence-corrected chi connectivity index (χ0v) is 10.6. The summed E-state index contributed by atoms with van der Waals surface area (Å²) < 4.78 is 0. The van der Waals surface area contributed by atoms with E-state index in [0.717, 1.165) is 11.3 Å². The Morgan fingerprint density at radius 1 is 1.18 bits per heavy atom. The molecule has 0 fully saturated rings. The number of para-hydroxylation sites is 1. The van der Waals surface area contributed by atoms with Crippen LogP contribution < -0.4 is 5.73 Å². The Labute approximate surface area is 105 Å². The second kappa shape index (κ2) is 5.15. The first-order chi connectivity index (χ1) is 8.20. The number of anilines is 1. The van der Waals surface area contributed by atoms with Crippen molar-refractivity contribution in [2.75, 3.05) is 5.73 Å². The maximum Gasteiger partial charge on any atom is 0.170 e. The van der Waals surface area contributed by atoms with E-state index < -0.39 is 0 Å². The largest absolute Gasteiger partial charge is 0.398 e. The number of Topliss-reactive ketones (excluding diaryl/α,β-unsaturated/α-hetero) is 1. The van der Waals surface area contributed by atoms with Gasteiger partial charge >= 0.3 is 0 Å². The number of aryl methyl sites for hydroxylation is 1. The summed E-state index contributed by atoms with van der Waals surface area (Å²) in [7, 11) is 0. The number of carbonyl (C=O) groups is 1. The monoisotopic (exact) mass is 245 g/mol. The van der Waals surface area contributed by atoms with E-state index in [9.17, 15) is 4.79 Å². The Morgan fingerprint density at radius 2 is 1.88 bits per heavy atom. The first-order valence-corrected chi connectivity index (χ1v) is 6.47. The number of carbonyl (C=O) groups excluding carboxylic acids is 1. The van der Waals surface area contributed by atoms with Crippen LogP contribution in [-0.4, -0.2) is 5.78 Å². The van der Waals surface area contributed by atoms with Crippen LogP contribution in [0, 0.1) is 0 Å². The van der Waals surface area contributed by atoms with Crippen LogP contribution in [0.3, 0.4) is 0 Å². The van der Waals surface area contributed by atoms with Gasteiger partial charge in [-0.05, 0) is 30.7 Å². The highest BCUT2D eigenvalue weighted by atomic mass is 32.1. The van der Waals surface area contributed by atoms with E-state index in [1.165, 1.54) is 4.88 Å². The molecule has 0 spiro atoms.